The summed E-state index contributed by atoms with van der Waals surface area (Å²) in [4.78, 5) is 12.3. The fourth-order valence-corrected chi connectivity index (χ4v) is 2.47. The Kier molecular flexibility index (Phi) is 3.71. The summed E-state index contributed by atoms with van der Waals surface area (Å²) in [7, 11) is 3.26. The van der Waals surface area contributed by atoms with Gasteiger partial charge in [-0.25, -0.2) is 0 Å². The smallest absolute Gasteiger partial charge is 0.169 e. The van der Waals surface area contributed by atoms with Crippen molar-refractivity contribution in [3.8, 4) is 5.75 Å². The summed E-state index contributed by atoms with van der Waals surface area (Å²) < 4.78 is 10.7. The molecular weight excluding hydrogens is 228 g/mol. The van der Waals surface area contributed by atoms with Crippen LogP contribution in [-0.2, 0) is 16.0 Å². The van der Waals surface area contributed by atoms with E-state index < -0.39 is 5.60 Å². The number of benzene rings is 1. The minimum atomic E-state index is -0.533. The van der Waals surface area contributed by atoms with E-state index in [0.717, 1.165) is 36.1 Å². The molecule has 0 aromatic heterocycles. The van der Waals surface area contributed by atoms with E-state index in [2.05, 4.69) is 0 Å². The second-order valence-electron chi connectivity index (χ2n) is 4.97. The van der Waals surface area contributed by atoms with Crippen molar-refractivity contribution in [1.82, 2.24) is 0 Å². The lowest BCUT2D eigenvalue weighted by molar-refractivity contribution is -0.151. The zero-order valence-electron chi connectivity index (χ0n) is 11.3. The normalized spacial score (nSPS) is 17.1. The molecule has 0 saturated heterocycles. The van der Waals surface area contributed by atoms with Crippen molar-refractivity contribution in [2.75, 3.05) is 14.2 Å². The van der Waals surface area contributed by atoms with Crippen molar-refractivity contribution in [3.63, 3.8) is 0 Å². The lowest BCUT2D eigenvalue weighted by Gasteiger charge is -2.39. The first-order chi connectivity index (χ1) is 8.61. The molecular formula is C15H20O3. The maximum absolute atomic E-state index is 12.3. The lowest BCUT2D eigenvalue weighted by atomic mass is 9.75. The van der Waals surface area contributed by atoms with Crippen LogP contribution < -0.4 is 4.74 Å². The van der Waals surface area contributed by atoms with Crippen LogP contribution in [0.3, 0.4) is 0 Å². The van der Waals surface area contributed by atoms with Crippen LogP contribution in [0.4, 0.5) is 0 Å². The molecule has 0 spiro atoms. The van der Waals surface area contributed by atoms with E-state index in [0.29, 0.717) is 6.42 Å². The molecule has 18 heavy (non-hydrogen) atoms. The van der Waals surface area contributed by atoms with E-state index in [1.807, 2.05) is 25.1 Å². The summed E-state index contributed by atoms with van der Waals surface area (Å²) in [5.41, 5.74) is 1.55. The van der Waals surface area contributed by atoms with Crippen molar-refractivity contribution < 1.29 is 14.3 Å². The van der Waals surface area contributed by atoms with Crippen molar-refractivity contribution >= 4 is 5.78 Å². The topological polar surface area (TPSA) is 35.5 Å². The summed E-state index contributed by atoms with van der Waals surface area (Å²) in [6, 6.07) is 5.92. The van der Waals surface area contributed by atoms with Crippen LogP contribution in [0.25, 0.3) is 0 Å². The number of rotatable bonds is 5. The molecule has 1 aromatic carbocycles. The van der Waals surface area contributed by atoms with E-state index in [-0.39, 0.29) is 5.78 Å². The van der Waals surface area contributed by atoms with Gasteiger partial charge in [-0.05, 0) is 32.3 Å². The Morgan fingerprint density at radius 1 is 1.33 bits per heavy atom. The third-order valence-electron chi connectivity index (χ3n) is 3.85. The number of Topliss-reactive ketones (excluding diaryl/α,β-unsaturated/α-hetero) is 1. The minimum Gasteiger partial charge on any atom is -0.496 e. The Labute approximate surface area is 108 Å². The number of aryl methyl sites for hydroxylation is 1. The number of hydrogen-bond acceptors (Lipinski definition) is 3. The number of carbonyl (C=O) groups excluding carboxylic acids is 1. The molecule has 0 aliphatic heterocycles. The molecule has 1 aliphatic rings. The summed E-state index contributed by atoms with van der Waals surface area (Å²) in [6.45, 7) is 2.02. The van der Waals surface area contributed by atoms with Crippen LogP contribution in [0.2, 0.25) is 0 Å². The largest absolute Gasteiger partial charge is 0.496 e. The van der Waals surface area contributed by atoms with Crippen LogP contribution in [0.5, 0.6) is 5.75 Å². The molecule has 0 bridgehead atoms. The van der Waals surface area contributed by atoms with Crippen LogP contribution in [0.1, 0.15) is 30.4 Å². The second-order valence-corrected chi connectivity index (χ2v) is 4.97. The van der Waals surface area contributed by atoms with E-state index in [1.165, 1.54) is 0 Å². The molecule has 3 heteroatoms. The van der Waals surface area contributed by atoms with E-state index >= 15 is 0 Å². The molecule has 0 atom stereocenters. The van der Waals surface area contributed by atoms with Gasteiger partial charge in [0.1, 0.15) is 11.4 Å². The fourth-order valence-electron chi connectivity index (χ4n) is 2.47. The highest BCUT2D eigenvalue weighted by atomic mass is 16.5. The molecule has 0 unspecified atom stereocenters. The molecule has 1 saturated carbocycles. The van der Waals surface area contributed by atoms with Crippen LogP contribution in [0.15, 0.2) is 18.2 Å². The van der Waals surface area contributed by atoms with Gasteiger partial charge in [-0.15, -0.1) is 0 Å². The van der Waals surface area contributed by atoms with E-state index in [4.69, 9.17) is 9.47 Å². The summed E-state index contributed by atoms with van der Waals surface area (Å²) in [5, 5.41) is 0. The average molecular weight is 248 g/mol. The van der Waals surface area contributed by atoms with Crippen LogP contribution >= 0.6 is 0 Å². The fraction of sp³-hybridized carbons (Fsp3) is 0.533. The predicted octanol–water partition coefficient (Wildman–Crippen LogP) is 2.68. The first-order valence-corrected chi connectivity index (χ1v) is 6.33. The highest BCUT2D eigenvalue weighted by Crippen LogP contribution is 2.37. The van der Waals surface area contributed by atoms with Gasteiger partial charge in [0.25, 0.3) is 0 Å². The summed E-state index contributed by atoms with van der Waals surface area (Å²) >= 11 is 0. The van der Waals surface area contributed by atoms with Crippen molar-refractivity contribution in [2.45, 2.75) is 38.2 Å². The quantitative estimate of drug-likeness (QED) is 0.803. The molecule has 1 aromatic rings. The molecule has 0 N–H and O–H groups in total. The predicted molar refractivity (Wildman–Crippen MR) is 70.0 cm³/mol. The summed E-state index contributed by atoms with van der Waals surface area (Å²) in [5.74, 6) is 0.944. The zero-order chi connectivity index (χ0) is 13.2. The maximum atomic E-state index is 12.3. The first kappa shape index (κ1) is 13.1. The van der Waals surface area contributed by atoms with E-state index in [9.17, 15) is 4.79 Å². The average Bonchev–Trinajstić information content (AvgIpc) is 2.28. The third kappa shape index (κ3) is 2.27. The van der Waals surface area contributed by atoms with Crippen molar-refractivity contribution in [3.05, 3.63) is 29.3 Å². The molecule has 98 valence electrons. The van der Waals surface area contributed by atoms with Gasteiger partial charge >= 0.3 is 0 Å². The highest BCUT2D eigenvalue weighted by molar-refractivity contribution is 5.90. The van der Waals surface area contributed by atoms with Crippen LogP contribution in [-0.4, -0.2) is 25.6 Å². The van der Waals surface area contributed by atoms with Gasteiger partial charge in [0.15, 0.2) is 5.78 Å². The molecule has 1 aliphatic carbocycles. The molecule has 1 fully saturated rings. The standard InChI is InChI=1S/C15H20O3/c1-11-5-6-13(17-2)12(9-11)10-14(16)15(18-3)7-4-8-15/h5-6,9H,4,7-8,10H2,1-3H3. The van der Waals surface area contributed by atoms with Gasteiger partial charge in [0.05, 0.1) is 7.11 Å². The lowest BCUT2D eigenvalue weighted by Crippen LogP contribution is -2.47. The van der Waals surface area contributed by atoms with E-state index in [1.54, 1.807) is 14.2 Å². The zero-order valence-corrected chi connectivity index (χ0v) is 11.3. The molecule has 0 heterocycles. The Balaban J connectivity index is 2.18. The maximum Gasteiger partial charge on any atom is 0.169 e. The molecule has 0 amide bonds. The summed E-state index contributed by atoms with van der Waals surface area (Å²) in [6.07, 6.45) is 3.15. The van der Waals surface area contributed by atoms with Gasteiger partial charge in [0.2, 0.25) is 0 Å². The Bertz CT molecular complexity index is 442. The van der Waals surface area contributed by atoms with Gasteiger partial charge in [-0.1, -0.05) is 17.7 Å². The molecule has 0 radical (unpaired) electrons. The number of hydrogen-bond donors (Lipinski definition) is 0. The van der Waals surface area contributed by atoms with Crippen molar-refractivity contribution in [2.24, 2.45) is 0 Å². The monoisotopic (exact) mass is 248 g/mol. The van der Waals surface area contributed by atoms with Gasteiger partial charge in [0, 0.05) is 19.1 Å². The SMILES string of the molecule is COc1ccc(C)cc1CC(=O)C1(OC)CCC1. The minimum absolute atomic E-state index is 0.167. The highest BCUT2D eigenvalue weighted by Gasteiger charge is 2.43. The van der Waals surface area contributed by atoms with Crippen molar-refractivity contribution in [1.29, 1.82) is 0 Å². The third-order valence-corrected chi connectivity index (χ3v) is 3.85. The Hall–Kier alpha value is -1.35. The van der Waals surface area contributed by atoms with Gasteiger partial charge < -0.3 is 9.47 Å². The van der Waals surface area contributed by atoms with Crippen LogP contribution in [0, 0.1) is 6.92 Å². The second kappa shape index (κ2) is 5.11. The van der Waals surface area contributed by atoms with Gasteiger partial charge in [-0.3, -0.25) is 4.79 Å². The number of ketones is 1. The number of ether oxygens (including phenoxy) is 2. The van der Waals surface area contributed by atoms with Gasteiger partial charge in [-0.2, -0.15) is 0 Å². The number of methoxy groups -OCH3 is 2. The molecule has 3 nitrogen and oxygen atoms in total. The Morgan fingerprint density at radius 2 is 2.06 bits per heavy atom. The number of carbonyl (C=O) groups is 1. The molecule has 2 rings (SSSR count). The Morgan fingerprint density at radius 3 is 2.56 bits per heavy atom. The first-order valence-electron chi connectivity index (χ1n) is 6.33.